The third-order valence-electron chi connectivity index (χ3n) is 2.17. The summed E-state index contributed by atoms with van der Waals surface area (Å²) in [7, 11) is 0. The number of nitrogens with two attached hydrogens (primary N) is 1. The van der Waals surface area contributed by atoms with Gasteiger partial charge < -0.3 is 15.3 Å². The molecule has 0 amide bonds. The summed E-state index contributed by atoms with van der Waals surface area (Å²) in [6.07, 6.45) is 1.38. The van der Waals surface area contributed by atoms with E-state index in [0.29, 0.717) is 11.1 Å². The van der Waals surface area contributed by atoms with Gasteiger partial charge in [0, 0.05) is 15.4 Å². The number of carbonyl (C=O) groups is 1. The topological polar surface area (TPSA) is 76.5 Å². The number of hydrogen-bond acceptors (Lipinski definition) is 3. The van der Waals surface area contributed by atoms with Crippen LogP contribution in [0.2, 0.25) is 0 Å². The highest BCUT2D eigenvalue weighted by atomic mass is 79.9. The Balaban J connectivity index is 2.59. The molecule has 2 rings (SSSR count). The van der Waals surface area contributed by atoms with Crippen molar-refractivity contribution in [1.82, 2.24) is 0 Å². The molecule has 1 aromatic heterocycles. The molecule has 0 aliphatic heterocycles. The Kier molecular flexibility index (Phi) is 2.50. The minimum Gasteiger partial charge on any atom is -0.480 e. The maximum absolute atomic E-state index is 10.7. The van der Waals surface area contributed by atoms with Crippen LogP contribution in [0.25, 0.3) is 11.0 Å². The molecule has 0 spiro atoms. The molecule has 1 atom stereocenters. The van der Waals surface area contributed by atoms with E-state index in [9.17, 15) is 4.79 Å². The summed E-state index contributed by atoms with van der Waals surface area (Å²) in [5.74, 6) is -1.07. The Bertz CT molecular complexity index is 520. The SMILES string of the molecule is NC(C(=O)O)c1coc2cc(Br)ccc12. The van der Waals surface area contributed by atoms with Crippen molar-refractivity contribution >= 4 is 32.9 Å². The molecule has 0 saturated carbocycles. The van der Waals surface area contributed by atoms with Crippen molar-refractivity contribution in [3.05, 3.63) is 34.5 Å². The van der Waals surface area contributed by atoms with Gasteiger partial charge in [-0.3, -0.25) is 4.79 Å². The third kappa shape index (κ3) is 1.75. The van der Waals surface area contributed by atoms with Gasteiger partial charge >= 0.3 is 5.97 Å². The number of carboxylic acid groups (broad SMARTS) is 1. The molecule has 0 aliphatic carbocycles. The predicted molar refractivity (Wildman–Crippen MR) is 58.5 cm³/mol. The van der Waals surface area contributed by atoms with Crippen molar-refractivity contribution in [1.29, 1.82) is 0 Å². The van der Waals surface area contributed by atoms with Crippen LogP contribution < -0.4 is 5.73 Å². The lowest BCUT2D eigenvalue weighted by Gasteiger charge is -2.02. The Morgan fingerprint density at radius 2 is 2.27 bits per heavy atom. The second-order valence-electron chi connectivity index (χ2n) is 3.15. The lowest BCUT2D eigenvalue weighted by atomic mass is 10.1. The van der Waals surface area contributed by atoms with Gasteiger partial charge in [0.2, 0.25) is 0 Å². The first-order chi connectivity index (χ1) is 7.09. The minimum atomic E-state index is -1.07. The van der Waals surface area contributed by atoms with Crippen LogP contribution in [0.15, 0.2) is 33.4 Å². The van der Waals surface area contributed by atoms with Crippen molar-refractivity contribution < 1.29 is 14.3 Å². The number of halogens is 1. The van der Waals surface area contributed by atoms with Gasteiger partial charge in [-0.25, -0.2) is 0 Å². The van der Waals surface area contributed by atoms with Crippen LogP contribution in [-0.2, 0) is 4.79 Å². The Labute approximate surface area is 93.8 Å². The maximum Gasteiger partial charge on any atom is 0.325 e. The fourth-order valence-corrected chi connectivity index (χ4v) is 1.74. The van der Waals surface area contributed by atoms with Gasteiger partial charge in [-0.2, -0.15) is 0 Å². The van der Waals surface area contributed by atoms with Crippen molar-refractivity contribution in [3.63, 3.8) is 0 Å². The highest BCUT2D eigenvalue weighted by molar-refractivity contribution is 9.10. The molecule has 0 bridgehead atoms. The van der Waals surface area contributed by atoms with E-state index in [2.05, 4.69) is 15.9 Å². The molecule has 1 aromatic carbocycles. The molecule has 3 N–H and O–H groups in total. The molecular weight excluding hydrogens is 262 g/mol. The van der Waals surface area contributed by atoms with Crippen molar-refractivity contribution in [2.45, 2.75) is 6.04 Å². The summed E-state index contributed by atoms with van der Waals surface area (Å²) in [5, 5.41) is 9.52. The average molecular weight is 270 g/mol. The first-order valence-electron chi connectivity index (χ1n) is 4.24. The highest BCUT2D eigenvalue weighted by Crippen LogP contribution is 2.27. The number of fused-ring (bicyclic) bond motifs is 1. The molecule has 15 heavy (non-hydrogen) atoms. The van der Waals surface area contributed by atoms with E-state index < -0.39 is 12.0 Å². The highest BCUT2D eigenvalue weighted by Gasteiger charge is 2.19. The fourth-order valence-electron chi connectivity index (χ4n) is 1.40. The van der Waals surface area contributed by atoms with Crippen LogP contribution in [0, 0.1) is 0 Å². The first kappa shape index (κ1) is 10.2. The second kappa shape index (κ2) is 3.67. The van der Waals surface area contributed by atoms with Gasteiger partial charge in [-0.1, -0.05) is 15.9 Å². The molecule has 4 nitrogen and oxygen atoms in total. The standard InChI is InChI=1S/C10H8BrNO3/c11-5-1-2-6-7(9(12)10(13)14)4-15-8(6)3-5/h1-4,9H,12H2,(H,13,14). The third-order valence-corrected chi connectivity index (χ3v) is 2.66. The zero-order chi connectivity index (χ0) is 11.0. The lowest BCUT2D eigenvalue weighted by molar-refractivity contribution is -0.138. The van der Waals surface area contributed by atoms with Gasteiger partial charge in [-0.05, 0) is 18.2 Å². The molecule has 2 aromatic rings. The average Bonchev–Trinajstić information content (AvgIpc) is 2.59. The largest absolute Gasteiger partial charge is 0.480 e. The van der Waals surface area contributed by atoms with Crippen LogP contribution in [0.3, 0.4) is 0 Å². The monoisotopic (exact) mass is 269 g/mol. The molecule has 0 fully saturated rings. The number of hydrogen-bond donors (Lipinski definition) is 2. The first-order valence-corrected chi connectivity index (χ1v) is 5.04. The number of carboxylic acids is 1. The molecule has 5 heteroatoms. The summed E-state index contributed by atoms with van der Waals surface area (Å²) >= 11 is 3.30. The normalized spacial score (nSPS) is 12.9. The van der Waals surface area contributed by atoms with Gasteiger partial charge in [0.15, 0.2) is 0 Å². The van der Waals surface area contributed by atoms with E-state index in [1.165, 1.54) is 6.26 Å². The van der Waals surface area contributed by atoms with E-state index >= 15 is 0 Å². The van der Waals surface area contributed by atoms with Gasteiger partial charge in [0.05, 0.1) is 6.26 Å². The molecule has 78 valence electrons. The number of furan rings is 1. The molecule has 0 aliphatic rings. The van der Waals surface area contributed by atoms with E-state index in [1.807, 2.05) is 6.07 Å². The summed E-state index contributed by atoms with van der Waals surface area (Å²) in [4.78, 5) is 10.7. The van der Waals surface area contributed by atoms with Crippen LogP contribution in [0.1, 0.15) is 11.6 Å². The number of aliphatic carboxylic acids is 1. The van der Waals surface area contributed by atoms with Crippen molar-refractivity contribution in [2.24, 2.45) is 5.73 Å². The predicted octanol–water partition coefficient (Wildman–Crippen LogP) is 2.28. The summed E-state index contributed by atoms with van der Waals surface area (Å²) in [5.41, 5.74) is 6.63. The van der Waals surface area contributed by atoms with E-state index in [4.69, 9.17) is 15.3 Å². The maximum atomic E-state index is 10.7. The van der Waals surface area contributed by atoms with Gasteiger partial charge in [0.1, 0.15) is 11.6 Å². The molecular formula is C10H8BrNO3. The summed E-state index contributed by atoms with van der Waals surface area (Å²) in [6.45, 7) is 0. The Morgan fingerprint density at radius 1 is 1.53 bits per heavy atom. The second-order valence-corrected chi connectivity index (χ2v) is 4.06. The molecule has 1 heterocycles. The zero-order valence-corrected chi connectivity index (χ0v) is 9.19. The lowest BCUT2D eigenvalue weighted by Crippen LogP contribution is -2.20. The molecule has 0 radical (unpaired) electrons. The fraction of sp³-hybridized carbons (Fsp3) is 0.100. The quantitative estimate of drug-likeness (QED) is 0.877. The summed E-state index contributed by atoms with van der Waals surface area (Å²) < 4.78 is 6.10. The van der Waals surface area contributed by atoms with Crippen LogP contribution >= 0.6 is 15.9 Å². The Morgan fingerprint density at radius 3 is 2.93 bits per heavy atom. The van der Waals surface area contributed by atoms with Crippen LogP contribution in [0.4, 0.5) is 0 Å². The number of rotatable bonds is 2. The molecule has 1 unspecified atom stereocenters. The zero-order valence-electron chi connectivity index (χ0n) is 7.61. The molecule has 0 saturated heterocycles. The van der Waals surface area contributed by atoms with Crippen molar-refractivity contribution in [2.75, 3.05) is 0 Å². The number of benzene rings is 1. The minimum absolute atomic E-state index is 0.491. The van der Waals surface area contributed by atoms with Gasteiger partial charge in [-0.15, -0.1) is 0 Å². The summed E-state index contributed by atoms with van der Waals surface area (Å²) in [6, 6.07) is 4.32. The Hall–Kier alpha value is -1.33. The van der Waals surface area contributed by atoms with Crippen molar-refractivity contribution in [3.8, 4) is 0 Å². The smallest absolute Gasteiger partial charge is 0.325 e. The van der Waals surface area contributed by atoms with E-state index in [0.717, 1.165) is 9.86 Å². The van der Waals surface area contributed by atoms with E-state index in [-0.39, 0.29) is 0 Å². The van der Waals surface area contributed by atoms with E-state index in [1.54, 1.807) is 12.1 Å². The van der Waals surface area contributed by atoms with Crippen LogP contribution in [-0.4, -0.2) is 11.1 Å². The van der Waals surface area contributed by atoms with Gasteiger partial charge in [0.25, 0.3) is 0 Å². The van der Waals surface area contributed by atoms with Crippen LogP contribution in [0.5, 0.6) is 0 Å².